The maximum atomic E-state index is 14.9. The molecule has 1 atom stereocenters. The Morgan fingerprint density at radius 3 is 2.38 bits per heavy atom. The molecule has 174 valence electrons. The molecule has 3 aromatic rings. The lowest BCUT2D eigenvalue weighted by Crippen LogP contribution is -2.29. The van der Waals surface area contributed by atoms with Crippen LogP contribution in [-0.2, 0) is 9.59 Å². The molecule has 8 heteroatoms. The van der Waals surface area contributed by atoms with Gasteiger partial charge in [-0.05, 0) is 55.0 Å². The van der Waals surface area contributed by atoms with E-state index in [0.717, 1.165) is 11.3 Å². The van der Waals surface area contributed by atoms with Gasteiger partial charge < -0.3 is 9.84 Å². The van der Waals surface area contributed by atoms with Gasteiger partial charge in [0, 0.05) is 16.8 Å². The summed E-state index contributed by atoms with van der Waals surface area (Å²) in [4.78, 5) is 27.4. The Labute approximate surface area is 206 Å². The average molecular weight is 500 g/mol. The highest BCUT2D eigenvalue weighted by atomic mass is 35.5. The zero-order valence-corrected chi connectivity index (χ0v) is 19.6. The summed E-state index contributed by atoms with van der Waals surface area (Å²) in [5.74, 6) is -2.32. The molecule has 0 bridgehead atoms. The minimum atomic E-state index is -1.21. The van der Waals surface area contributed by atoms with Gasteiger partial charge in [0.1, 0.15) is 17.3 Å². The number of ketones is 1. The van der Waals surface area contributed by atoms with E-state index in [2.05, 4.69) is 0 Å². The number of hydrogen-bond acceptors (Lipinski definition) is 4. The molecule has 0 aromatic heterocycles. The van der Waals surface area contributed by atoms with Crippen LogP contribution in [0.1, 0.15) is 30.5 Å². The van der Waals surface area contributed by atoms with Crippen LogP contribution < -0.4 is 9.64 Å². The predicted octanol–water partition coefficient (Wildman–Crippen LogP) is 6.55. The van der Waals surface area contributed by atoms with Crippen LogP contribution in [0.4, 0.5) is 10.1 Å². The first-order valence-corrected chi connectivity index (χ1v) is 11.3. The van der Waals surface area contributed by atoms with Crippen molar-refractivity contribution < 1.29 is 23.8 Å². The molecule has 1 aliphatic heterocycles. The first-order valence-electron chi connectivity index (χ1n) is 10.6. The summed E-state index contributed by atoms with van der Waals surface area (Å²) in [7, 11) is 0. The normalized spacial score (nSPS) is 17.3. The number of benzene rings is 3. The zero-order chi connectivity index (χ0) is 24.4. The Morgan fingerprint density at radius 1 is 1.03 bits per heavy atom. The van der Waals surface area contributed by atoms with E-state index in [1.807, 2.05) is 6.92 Å². The van der Waals surface area contributed by atoms with Crippen LogP contribution in [0.15, 0.2) is 72.3 Å². The standard InChI is InChI=1S/C26H20Cl2FNO4/c1-2-13-34-17-10-7-15(8-11-17)24(31)22-23(18-5-3-4-6-21(18)29)30(26(33)25(22)32)16-9-12-19(27)20(28)14-16/h3-12,14,23,31H,2,13H2,1H3/b24-22+. The fraction of sp³-hybridized carbons (Fsp3) is 0.154. The van der Waals surface area contributed by atoms with Gasteiger partial charge >= 0.3 is 0 Å². The van der Waals surface area contributed by atoms with Crippen molar-refractivity contribution in [2.75, 3.05) is 11.5 Å². The molecular formula is C26H20Cl2FNO4. The lowest BCUT2D eigenvalue weighted by Gasteiger charge is -2.26. The van der Waals surface area contributed by atoms with Crippen molar-refractivity contribution in [1.29, 1.82) is 0 Å². The van der Waals surface area contributed by atoms with Gasteiger partial charge in [-0.3, -0.25) is 14.5 Å². The second kappa shape index (κ2) is 9.87. The van der Waals surface area contributed by atoms with Crippen molar-refractivity contribution in [2.24, 2.45) is 0 Å². The molecular weight excluding hydrogens is 480 g/mol. The summed E-state index contributed by atoms with van der Waals surface area (Å²) in [5, 5.41) is 11.6. The number of hydrogen-bond donors (Lipinski definition) is 1. The number of aliphatic hydroxyl groups excluding tert-OH is 1. The Hall–Kier alpha value is -3.35. The first-order chi connectivity index (χ1) is 16.3. The number of rotatable bonds is 6. The molecule has 1 aliphatic rings. The molecule has 4 rings (SSSR count). The molecule has 0 aliphatic carbocycles. The van der Waals surface area contributed by atoms with Gasteiger partial charge in [-0.15, -0.1) is 0 Å². The van der Waals surface area contributed by atoms with E-state index < -0.39 is 29.3 Å². The van der Waals surface area contributed by atoms with E-state index in [1.165, 1.54) is 36.4 Å². The highest BCUT2D eigenvalue weighted by Gasteiger charge is 2.47. The number of ether oxygens (including phenoxy) is 1. The van der Waals surface area contributed by atoms with E-state index >= 15 is 0 Å². The third-order valence-electron chi connectivity index (χ3n) is 5.43. The van der Waals surface area contributed by atoms with Gasteiger partial charge in [0.05, 0.1) is 28.3 Å². The maximum absolute atomic E-state index is 14.9. The quantitative estimate of drug-likeness (QED) is 0.237. The summed E-state index contributed by atoms with van der Waals surface area (Å²) in [6.45, 7) is 2.52. The third kappa shape index (κ3) is 4.39. The van der Waals surface area contributed by atoms with Gasteiger partial charge in [0.2, 0.25) is 0 Å². The highest BCUT2D eigenvalue weighted by molar-refractivity contribution is 6.52. The Bertz CT molecular complexity index is 1290. The van der Waals surface area contributed by atoms with Crippen LogP contribution in [0.2, 0.25) is 10.0 Å². The molecule has 1 saturated heterocycles. The molecule has 0 radical (unpaired) electrons. The van der Waals surface area contributed by atoms with Crippen molar-refractivity contribution in [2.45, 2.75) is 19.4 Å². The molecule has 1 amide bonds. The van der Waals surface area contributed by atoms with E-state index in [0.29, 0.717) is 12.4 Å². The largest absolute Gasteiger partial charge is 0.507 e. The number of carbonyl (C=O) groups excluding carboxylic acids is 2. The lowest BCUT2D eigenvalue weighted by molar-refractivity contribution is -0.132. The van der Waals surface area contributed by atoms with Crippen LogP contribution in [0.5, 0.6) is 5.75 Å². The number of aliphatic hydroxyl groups is 1. The second-order valence-corrected chi connectivity index (χ2v) is 8.48. The predicted molar refractivity (Wildman–Crippen MR) is 130 cm³/mol. The minimum Gasteiger partial charge on any atom is -0.507 e. The van der Waals surface area contributed by atoms with Gasteiger partial charge in [-0.2, -0.15) is 0 Å². The van der Waals surface area contributed by atoms with Crippen molar-refractivity contribution in [1.82, 2.24) is 0 Å². The van der Waals surface area contributed by atoms with Crippen LogP contribution in [0.25, 0.3) is 5.76 Å². The van der Waals surface area contributed by atoms with Crippen LogP contribution in [-0.4, -0.2) is 23.4 Å². The molecule has 0 saturated carbocycles. The topological polar surface area (TPSA) is 66.8 Å². The number of halogens is 3. The number of nitrogens with zero attached hydrogens (tertiary/aromatic N) is 1. The van der Waals surface area contributed by atoms with Crippen molar-refractivity contribution in [3.63, 3.8) is 0 Å². The summed E-state index contributed by atoms with van der Waals surface area (Å²) in [6.07, 6.45) is 0.836. The zero-order valence-electron chi connectivity index (χ0n) is 18.1. The minimum absolute atomic E-state index is 0.0530. The SMILES string of the molecule is CCCOc1ccc(/C(O)=C2\C(=O)C(=O)N(c3ccc(Cl)c(Cl)c3)C2c2ccccc2F)cc1. The third-order valence-corrected chi connectivity index (χ3v) is 6.17. The summed E-state index contributed by atoms with van der Waals surface area (Å²) in [5.41, 5.74) is 0.352. The molecule has 0 spiro atoms. The molecule has 34 heavy (non-hydrogen) atoms. The lowest BCUT2D eigenvalue weighted by atomic mass is 9.94. The maximum Gasteiger partial charge on any atom is 0.300 e. The van der Waals surface area contributed by atoms with Crippen molar-refractivity contribution >= 4 is 46.3 Å². The van der Waals surface area contributed by atoms with Gasteiger partial charge in [-0.1, -0.05) is 48.3 Å². The van der Waals surface area contributed by atoms with E-state index in [9.17, 15) is 19.1 Å². The molecule has 1 N–H and O–H groups in total. The fourth-order valence-electron chi connectivity index (χ4n) is 3.81. The Kier molecular flexibility index (Phi) is 6.91. The first kappa shape index (κ1) is 23.8. The molecule has 1 heterocycles. The molecule has 1 fully saturated rings. The Balaban J connectivity index is 1.88. The van der Waals surface area contributed by atoms with E-state index in [1.54, 1.807) is 30.3 Å². The average Bonchev–Trinajstić information content (AvgIpc) is 3.10. The van der Waals surface area contributed by atoms with Crippen molar-refractivity contribution in [3.05, 3.63) is 99.3 Å². The fourth-order valence-corrected chi connectivity index (χ4v) is 4.10. The van der Waals surface area contributed by atoms with E-state index in [-0.39, 0.29) is 32.4 Å². The number of anilines is 1. The molecule has 3 aromatic carbocycles. The highest BCUT2D eigenvalue weighted by Crippen LogP contribution is 2.44. The Morgan fingerprint density at radius 2 is 1.74 bits per heavy atom. The molecule has 5 nitrogen and oxygen atoms in total. The number of amides is 1. The van der Waals surface area contributed by atoms with Gasteiger partial charge in [0.15, 0.2) is 0 Å². The van der Waals surface area contributed by atoms with Crippen LogP contribution >= 0.6 is 23.2 Å². The van der Waals surface area contributed by atoms with Crippen molar-refractivity contribution in [3.8, 4) is 5.75 Å². The smallest absolute Gasteiger partial charge is 0.300 e. The van der Waals surface area contributed by atoms with Gasteiger partial charge in [0.25, 0.3) is 11.7 Å². The summed E-state index contributed by atoms with van der Waals surface area (Å²) >= 11 is 12.2. The number of Topliss-reactive ketones (excluding diaryl/α,β-unsaturated/α-hetero) is 1. The van der Waals surface area contributed by atoms with Crippen LogP contribution in [0, 0.1) is 5.82 Å². The van der Waals surface area contributed by atoms with E-state index in [4.69, 9.17) is 27.9 Å². The molecule has 1 unspecified atom stereocenters. The summed E-state index contributed by atoms with van der Waals surface area (Å²) in [6, 6.07) is 15.4. The monoisotopic (exact) mass is 499 g/mol. The number of carbonyl (C=O) groups is 2. The second-order valence-electron chi connectivity index (χ2n) is 7.66. The summed E-state index contributed by atoms with van der Waals surface area (Å²) < 4.78 is 20.5. The van der Waals surface area contributed by atoms with Gasteiger partial charge in [-0.25, -0.2) is 4.39 Å². The van der Waals surface area contributed by atoms with Crippen LogP contribution in [0.3, 0.4) is 0 Å².